The fourth-order valence-corrected chi connectivity index (χ4v) is 1.09. The number of amides is 1. The van der Waals surface area contributed by atoms with E-state index in [0.29, 0.717) is 18.3 Å². The molecular formula is C9H15N5O. The lowest BCUT2D eigenvalue weighted by Gasteiger charge is -2.15. The molecule has 0 radical (unpaired) electrons. The summed E-state index contributed by atoms with van der Waals surface area (Å²) >= 11 is 0. The van der Waals surface area contributed by atoms with Gasteiger partial charge in [0.15, 0.2) is 0 Å². The molecule has 0 unspecified atom stereocenters. The summed E-state index contributed by atoms with van der Waals surface area (Å²) in [6.07, 6.45) is 1.56. The molecule has 6 heteroatoms. The van der Waals surface area contributed by atoms with Gasteiger partial charge in [-0.15, -0.1) is 0 Å². The lowest BCUT2D eigenvalue weighted by Crippen LogP contribution is -2.35. The van der Waals surface area contributed by atoms with E-state index in [-0.39, 0.29) is 12.5 Å². The van der Waals surface area contributed by atoms with Gasteiger partial charge in [-0.25, -0.2) is 4.98 Å². The van der Waals surface area contributed by atoms with Gasteiger partial charge in [-0.3, -0.25) is 4.79 Å². The summed E-state index contributed by atoms with van der Waals surface area (Å²) in [6.45, 7) is 2.71. The van der Waals surface area contributed by atoms with Crippen molar-refractivity contribution in [3.05, 3.63) is 12.3 Å². The molecule has 1 rings (SSSR count). The van der Waals surface area contributed by atoms with Gasteiger partial charge in [0.2, 0.25) is 11.9 Å². The Bertz CT molecular complexity index is 341. The number of likely N-dealkylation sites (N-methyl/N-ethyl adjacent to an activating group) is 2. The minimum atomic E-state index is -0.0639. The Morgan fingerprint density at radius 2 is 2.40 bits per heavy atom. The van der Waals surface area contributed by atoms with Gasteiger partial charge >= 0.3 is 0 Å². The number of hydrogen-bond donors (Lipinski definition) is 2. The molecule has 1 aromatic heterocycles. The van der Waals surface area contributed by atoms with Crippen LogP contribution in [0.25, 0.3) is 0 Å². The van der Waals surface area contributed by atoms with E-state index in [2.05, 4.69) is 15.3 Å². The van der Waals surface area contributed by atoms with Gasteiger partial charge in [-0.1, -0.05) is 0 Å². The third kappa shape index (κ3) is 3.41. The van der Waals surface area contributed by atoms with Crippen LogP contribution in [0.1, 0.15) is 6.92 Å². The van der Waals surface area contributed by atoms with Crippen LogP contribution in [0.4, 0.5) is 11.8 Å². The fourth-order valence-electron chi connectivity index (χ4n) is 1.09. The second kappa shape index (κ2) is 5.14. The molecule has 0 aliphatic carbocycles. The molecule has 0 aliphatic rings. The maximum atomic E-state index is 11.3. The number of nitrogens with two attached hydrogens (primary N) is 1. The first-order valence-corrected chi connectivity index (χ1v) is 4.70. The summed E-state index contributed by atoms with van der Waals surface area (Å²) < 4.78 is 0. The fraction of sp³-hybridized carbons (Fsp3) is 0.444. The van der Waals surface area contributed by atoms with E-state index < -0.39 is 0 Å². The maximum Gasteiger partial charge on any atom is 0.239 e. The summed E-state index contributed by atoms with van der Waals surface area (Å²) in [5, 5.41) is 2.69. The molecule has 3 N–H and O–H groups in total. The summed E-state index contributed by atoms with van der Waals surface area (Å²) in [7, 11) is 1.74. The van der Waals surface area contributed by atoms with Gasteiger partial charge in [0, 0.05) is 19.8 Å². The van der Waals surface area contributed by atoms with E-state index in [1.807, 2.05) is 6.92 Å². The van der Waals surface area contributed by atoms with E-state index in [4.69, 9.17) is 5.73 Å². The maximum absolute atomic E-state index is 11.3. The molecule has 6 nitrogen and oxygen atoms in total. The topological polar surface area (TPSA) is 84.1 Å². The second-order valence-corrected chi connectivity index (χ2v) is 3.09. The van der Waals surface area contributed by atoms with Crippen LogP contribution in [0.3, 0.4) is 0 Å². The standard InChI is InChI=1S/C9H15N5O/c1-3-11-8(15)6-14(2)9-12-5-4-7(10)13-9/h4-5H,3,6H2,1-2H3,(H,11,15)(H2,10,12,13). The molecule has 0 atom stereocenters. The minimum Gasteiger partial charge on any atom is -0.384 e. The highest BCUT2D eigenvalue weighted by Gasteiger charge is 2.08. The van der Waals surface area contributed by atoms with Crippen LogP contribution in [0.2, 0.25) is 0 Å². The van der Waals surface area contributed by atoms with E-state index in [0.717, 1.165) is 0 Å². The number of nitrogen functional groups attached to an aromatic ring is 1. The minimum absolute atomic E-state index is 0.0639. The summed E-state index contributed by atoms with van der Waals surface area (Å²) in [6, 6.07) is 1.60. The predicted octanol–water partition coefficient (Wildman–Crippen LogP) is -0.369. The number of nitrogens with one attached hydrogen (secondary N) is 1. The van der Waals surface area contributed by atoms with Crippen LogP contribution < -0.4 is 16.0 Å². The molecule has 0 bridgehead atoms. The summed E-state index contributed by atoms with van der Waals surface area (Å²) in [5.41, 5.74) is 5.51. The van der Waals surface area contributed by atoms with Crippen molar-refractivity contribution in [3.8, 4) is 0 Å². The highest BCUT2D eigenvalue weighted by atomic mass is 16.2. The normalized spacial score (nSPS) is 9.73. The highest BCUT2D eigenvalue weighted by molar-refractivity contribution is 5.80. The van der Waals surface area contributed by atoms with Crippen molar-refractivity contribution >= 4 is 17.7 Å². The molecule has 1 heterocycles. The molecule has 0 spiro atoms. The van der Waals surface area contributed by atoms with Crippen LogP contribution >= 0.6 is 0 Å². The Hall–Kier alpha value is -1.85. The Morgan fingerprint density at radius 3 is 3.00 bits per heavy atom. The summed E-state index contributed by atoms with van der Waals surface area (Å²) in [5.74, 6) is 0.773. The summed E-state index contributed by atoms with van der Waals surface area (Å²) in [4.78, 5) is 20.9. The predicted molar refractivity (Wildman–Crippen MR) is 58.4 cm³/mol. The van der Waals surface area contributed by atoms with Gasteiger partial charge in [0.1, 0.15) is 5.82 Å². The van der Waals surface area contributed by atoms with Crippen molar-refractivity contribution in [2.45, 2.75) is 6.92 Å². The first-order valence-electron chi connectivity index (χ1n) is 4.70. The molecule has 1 amide bonds. The van der Waals surface area contributed by atoms with E-state index in [1.165, 1.54) is 0 Å². The molecular weight excluding hydrogens is 194 g/mol. The van der Waals surface area contributed by atoms with E-state index >= 15 is 0 Å². The van der Waals surface area contributed by atoms with Crippen molar-refractivity contribution in [1.82, 2.24) is 15.3 Å². The molecule has 0 saturated carbocycles. The van der Waals surface area contributed by atoms with Gasteiger partial charge in [-0.05, 0) is 13.0 Å². The van der Waals surface area contributed by atoms with Crippen LogP contribution in [0, 0.1) is 0 Å². The zero-order chi connectivity index (χ0) is 11.3. The Balaban J connectivity index is 2.60. The third-order valence-corrected chi connectivity index (χ3v) is 1.76. The lowest BCUT2D eigenvalue weighted by molar-refractivity contribution is -0.119. The molecule has 0 saturated heterocycles. The number of aromatic nitrogens is 2. The van der Waals surface area contributed by atoms with Gasteiger partial charge in [-0.2, -0.15) is 4.98 Å². The Morgan fingerprint density at radius 1 is 1.67 bits per heavy atom. The zero-order valence-corrected chi connectivity index (χ0v) is 8.90. The van der Waals surface area contributed by atoms with E-state index in [9.17, 15) is 4.79 Å². The number of nitrogens with zero attached hydrogens (tertiary/aromatic N) is 3. The number of carbonyl (C=O) groups excluding carboxylic acids is 1. The van der Waals surface area contributed by atoms with Crippen molar-refractivity contribution in [1.29, 1.82) is 0 Å². The number of carbonyl (C=O) groups is 1. The van der Waals surface area contributed by atoms with E-state index in [1.54, 1.807) is 24.2 Å². The average molecular weight is 209 g/mol. The van der Waals surface area contributed by atoms with Crippen molar-refractivity contribution in [3.63, 3.8) is 0 Å². The van der Waals surface area contributed by atoms with Crippen LogP contribution in [-0.4, -0.2) is 36.0 Å². The van der Waals surface area contributed by atoms with Gasteiger partial charge in [0.05, 0.1) is 6.54 Å². The quantitative estimate of drug-likeness (QED) is 0.707. The van der Waals surface area contributed by atoms with Crippen LogP contribution in [0.5, 0.6) is 0 Å². The number of rotatable bonds is 4. The van der Waals surface area contributed by atoms with Crippen molar-refractivity contribution in [2.24, 2.45) is 0 Å². The smallest absolute Gasteiger partial charge is 0.239 e. The first-order chi connectivity index (χ1) is 7.13. The average Bonchev–Trinajstić information content (AvgIpc) is 2.18. The highest BCUT2D eigenvalue weighted by Crippen LogP contribution is 2.05. The largest absolute Gasteiger partial charge is 0.384 e. The molecule has 0 aliphatic heterocycles. The zero-order valence-electron chi connectivity index (χ0n) is 8.90. The van der Waals surface area contributed by atoms with Crippen molar-refractivity contribution < 1.29 is 4.79 Å². The first kappa shape index (κ1) is 11.2. The van der Waals surface area contributed by atoms with Crippen LogP contribution in [-0.2, 0) is 4.79 Å². The third-order valence-electron chi connectivity index (χ3n) is 1.76. The molecule has 0 fully saturated rings. The lowest BCUT2D eigenvalue weighted by atomic mass is 10.5. The molecule has 1 aromatic rings. The second-order valence-electron chi connectivity index (χ2n) is 3.09. The van der Waals surface area contributed by atoms with Gasteiger partial charge < -0.3 is 16.0 Å². The molecule has 82 valence electrons. The van der Waals surface area contributed by atoms with Gasteiger partial charge in [0.25, 0.3) is 0 Å². The number of anilines is 2. The molecule has 15 heavy (non-hydrogen) atoms. The number of hydrogen-bond acceptors (Lipinski definition) is 5. The SMILES string of the molecule is CCNC(=O)CN(C)c1nccc(N)n1. The Labute approximate surface area is 88.5 Å². The van der Waals surface area contributed by atoms with Crippen molar-refractivity contribution in [2.75, 3.05) is 30.8 Å². The monoisotopic (exact) mass is 209 g/mol. The Kier molecular flexibility index (Phi) is 3.84. The molecule has 0 aromatic carbocycles. The van der Waals surface area contributed by atoms with Crippen LogP contribution in [0.15, 0.2) is 12.3 Å².